The van der Waals surface area contributed by atoms with E-state index in [0.29, 0.717) is 35.5 Å². The molecule has 4 aliphatic carbocycles. The number of aromatic hydroxyl groups is 1. The van der Waals surface area contributed by atoms with Crippen molar-refractivity contribution >= 4 is 39.3 Å². The van der Waals surface area contributed by atoms with Crippen molar-refractivity contribution in [2.24, 2.45) is 17.8 Å². The van der Waals surface area contributed by atoms with Crippen LogP contribution in [0.15, 0.2) is 81.9 Å². The van der Waals surface area contributed by atoms with Crippen molar-refractivity contribution in [1.29, 1.82) is 0 Å². The third kappa shape index (κ3) is 4.71. The molecule has 0 aromatic heterocycles. The molecule has 43 heavy (non-hydrogen) atoms. The van der Waals surface area contributed by atoms with Gasteiger partial charge in [-0.1, -0.05) is 67.3 Å². The van der Waals surface area contributed by atoms with Crippen LogP contribution in [0.25, 0.3) is 0 Å². The Kier molecular flexibility index (Phi) is 7.20. The Bertz CT molecular complexity index is 1630. The second-order valence-electron chi connectivity index (χ2n) is 12.2. The first-order valence-electron chi connectivity index (χ1n) is 15.1. The Balaban J connectivity index is 1.26. The molecular weight excluding hydrogens is 610 g/mol. The summed E-state index contributed by atoms with van der Waals surface area (Å²) in [7, 11) is 0. The number of carbonyl (C=O) groups excluding carboxylic acids is 4. The molecule has 8 heteroatoms. The number of ketones is 2. The molecule has 0 radical (unpaired) electrons. The third-order valence-electron chi connectivity index (χ3n) is 9.87. The Morgan fingerprint density at radius 3 is 2.44 bits per heavy atom. The molecule has 1 N–H and O–H groups in total. The number of allylic oxidation sites excluding steroid dienone is 6. The van der Waals surface area contributed by atoms with Gasteiger partial charge < -0.3 is 9.84 Å². The van der Waals surface area contributed by atoms with Gasteiger partial charge in [0.2, 0.25) is 11.8 Å². The molecule has 1 aliphatic heterocycles. The Labute approximate surface area is 258 Å². The third-order valence-corrected chi connectivity index (χ3v) is 10.5. The maximum Gasteiger partial charge on any atom is 0.233 e. The van der Waals surface area contributed by atoms with Gasteiger partial charge in [-0.25, -0.2) is 0 Å². The number of likely N-dealkylation sites (tertiary alicyclic amines) is 1. The molecule has 2 aromatic carbocycles. The van der Waals surface area contributed by atoms with Gasteiger partial charge in [0.25, 0.3) is 0 Å². The number of amides is 2. The van der Waals surface area contributed by atoms with E-state index in [4.69, 9.17) is 4.74 Å². The molecule has 2 fully saturated rings. The number of hydrogen-bond acceptors (Lipinski definition) is 6. The van der Waals surface area contributed by atoms with E-state index < -0.39 is 23.7 Å². The van der Waals surface area contributed by atoms with E-state index in [9.17, 15) is 24.3 Å². The lowest BCUT2D eigenvalue weighted by atomic mass is 9.59. The summed E-state index contributed by atoms with van der Waals surface area (Å²) in [5.74, 6) is -2.62. The number of rotatable bonds is 5. The summed E-state index contributed by atoms with van der Waals surface area (Å²) < 4.78 is 6.10. The molecule has 7 nitrogen and oxygen atoms in total. The summed E-state index contributed by atoms with van der Waals surface area (Å²) in [5.41, 5.74) is 2.98. The highest BCUT2D eigenvalue weighted by Crippen LogP contribution is 2.56. The number of hydrogen-bond donors (Lipinski definition) is 1. The molecule has 2 aromatic rings. The second kappa shape index (κ2) is 11.1. The molecule has 7 rings (SSSR count). The van der Waals surface area contributed by atoms with Crippen LogP contribution in [0.1, 0.15) is 62.0 Å². The SMILES string of the molecule is O=C1C=C(Br)C(=O)C2=C1[C@@H](c1ccc(OCc3ccccc3)cc1O)C1=CC[C@@H]3C(=O)N(C4CCCCC4)C(=O)[C@@H]3[C@@H]1C2. The van der Waals surface area contributed by atoms with Crippen LogP contribution in [0.4, 0.5) is 0 Å². The number of phenols is 1. The van der Waals surface area contributed by atoms with E-state index in [-0.39, 0.29) is 46.1 Å². The van der Waals surface area contributed by atoms with Crippen molar-refractivity contribution in [1.82, 2.24) is 4.90 Å². The van der Waals surface area contributed by atoms with Crippen LogP contribution < -0.4 is 4.74 Å². The monoisotopic (exact) mass is 641 g/mol. The molecule has 220 valence electrons. The summed E-state index contributed by atoms with van der Waals surface area (Å²) in [6, 6.07) is 14.6. The average molecular weight is 643 g/mol. The van der Waals surface area contributed by atoms with Crippen molar-refractivity contribution in [2.75, 3.05) is 0 Å². The highest BCUT2D eigenvalue weighted by molar-refractivity contribution is 9.12. The first-order chi connectivity index (χ1) is 20.8. The summed E-state index contributed by atoms with van der Waals surface area (Å²) in [6.45, 7) is 0.327. The predicted octanol–water partition coefficient (Wildman–Crippen LogP) is 6.07. The number of imide groups is 1. The van der Waals surface area contributed by atoms with Gasteiger partial charge >= 0.3 is 0 Å². The van der Waals surface area contributed by atoms with Crippen LogP contribution in [0.2, 0.25) is 0 Å². The molecule has 1 saturated heterocycles. The lowest BCUT2D eigenvalue weighted by Crippen LogP contribution is -2.43. The van der Waals surface area contributed by atoms with Crippen LogP contribution in [0.5, 0.6) is 11.5 Å². The molecule has 1 heterocycles. The van der Waals surface area contributed by atoms with Gasteiger partial charge in [-0.15, -0.1) is 0 Å². The highest BCUT2D eigenvalue weighted by Gasteiger charge is 2.57. The van der Waals surface area contributed by atoms with Crippen molar-refractivity contribution in [2.45, 2.75) is 63.5 Å². The maximum absolute atomic E-state index is 14.0. The summed E-state index contributed by atoms with van der Waals surface area (Å²) >= 11 is 3.27. The minimum Gasteiger partial charge on any atom is -0.507 e. The van der Waals surface area contributed by atoms with Crippen LogP contribution in [-0.4, -0.2) is 39.4 Å². The number of phenolic OH excluding ortho intramolecular Hbond substituents is 1. The maximum atomic E-state index is 14.0. The smallest absolute Gasteiger partial charge is 0.233 e. The van der Waals surface area contributed by atoms with E-state index in [2.05, 4.69) is 15.9 Å². The first-order valence-corrected chi connectivity index (χ1v) is 15.9. The Morgan fingerprint density at radius 2 is 1.70 bits per heavy atom. The van der Waals surface area contributed by atoms with Crippen molar-refractivity contribution in [3.63, 3.8) is 0 Å². The zero-order valence-corrected chi connectivity index (χ0v) is 25.2. The van der Waals surface area contributed by atoms with Gasteiger partial charge in [0.1, 0.15) is 18.1 Å². The molecule has 1 saturated carbocycles. The van der Waals surface area contributed by atoms with Crippen molar-refractivity contribution in [3.8, 4) is 11.5 Å². The molecule has 4 atom stereocenters. The number of fused-ring (bicyclic) bond motifs is 3. The topological polar surface area (TPSA) is 101 Å². The number of Topliss-reactive ketones (excluding diaryl/α,β-unsaturated/α-hetero) is 1. The van der Waals surface area contributed by atoms with Gasteiger partial charge in [0, 0.05) is 40.8 Å². The fourth-order valence-corrected chi connectivity index (χ4v) is 8.33. The number of carbonyl (C=O) groups is 4. The normalized spacial score (nSPS) is 27.4. The van der Waals surface area contributed by atoms with Gasteiger partial charge in [0.15, 0.2) is 11.6 Å². The minimum absolute atomic E-state index is 0.0578. The summed E-state index contributed by atoms with van der Waals surface area (Å²) in [5, 5.41) is 11.3. The van der Waals surface area contributed by atoms with Crippen LogP contribution in [0.3, 0.4) is 0 Å². The number of halogens is 1. The van der Waals surface area contributed by atoms with E-state index in [1.54, 1.807) is 12.1 Å². The lowest BCUT2D eigenvalue weighted by molar-refractivity contribution is -0.143. The number of benzene rings is 2. The Hall–Kier alpha value is -3.78. The van der Waals surface area contributed by atoms with Crippen LogP contribution in [0, 0.1) is 17.8 Å². The van der Waals surface area contributed by atoms with Crippen molar-refractivity contribution in [3.05, 3.63) is 93.0 Å². The van der Waals surface area contributed by atoms with E-state index >= 15 is 0 Å². The zero-order chi connectivity index (χ0) is 29.8. The highest BCUT2D eigenvalue weighted by atomic mass is 79.9. The van der Waals surface area contributed by atoms with E-state index in [1.165, 1.54) is 17.0 Å². The number of nitrogens with zero attached hydrogens (tertiary/aromatic N) is 1. The molecule has 0 unspecified atom stereocenters. The van der Waals surface area contributed by atoms with E-state index in [0.717, 1.165) is 43.2 Å². The summed E-state index contributed by atoms with van der Waals surface area (Å²) in [4.78, 5) is 56.2. The Morgan fingerprint density at radius 1 is 0.930 bits per heavy atom. The average Bonchev–Trinajstić information content (AvgIpc) is 3.28. The summed E-state index contributed by atoms with van der Waals surface area (Å²) in [6.07, 6.45) is 8.67. The van der Waals surface area contributed by atoms with Crippen LogP contribution >= 0.6 is 15.9 Å². The molecule has 0 spiro atoms. The van der Waals surface area contributed by atoms with Gasteiger partial charge in [-0.3, -0.25) is 24.1 Å². The van der Waals surface area contributed by atoms with Gasteiger partial charge in [0.05, 0.1) is 16.3 Å². The molecule has 0 bridgehead atoms. The van der Waals surface area contributed by atoms with E-state index in [1.807, 2.05) is 36.4 Å². The van der Waals surface area contributed by atoms with Crippen molar-refractivity contribution < 1.29 is 29.0 Å². The minimum atomic E-state index is -0.710. The molecular formula is C35H32BrNO6. The fourth-order valence-electron chi connectivity index (χ4n) is 7.88. The molecule has 5 aliphatic rings. The lowest BCUT2D eigenvalue weighted by Gasteiger charge is -2.42. The fraction of sp³-hybridized carbons (Fsp3) is 0.371. The number of ether oxygens (including phenoxy) is 1. The van der Waals surface area contributed by atoms with Gasteiger partial charge in [-0.05, 0) is 59.2 Å². The molecule has 2 amide bonds. The van der Waals surface area contributed by atoms with Crippen LogP contribution in [-0.2, 0) is 25.8 Å². The van der Waals surface area contributed by atoms with Gasteiger partial charge in [-0.2, -0.15) is 0 Å². The zero-order valence-electron chi connectivity index (χ0n) is 23.6. The second-order valence-corrected chi connectivity index (χ2v) is 13.1. The first kappa shape index (κ1) is 28.0. The quantitative estimate of drug-likeness (QED) is 0.242. The predicted molar refractivity (Wildman–Crippen MR) is 162 cm³/mol. The standard InChI is InChI=1S/C35H32BrNO6/c36-27-17-29(39)32-26(33(27)40)16-25-22(13-14-24-31(25)35(42)37(34(24)41)20-9-5-2-6-10-20)30(32)23-12-11-21(15-28(23)38)43-18-19-7-3-1-4-8-19/h1,3-4,7-8,11-13,15,17,20,24-25,30-31,38H,2,5-6,9-10,14,16,18H2/t24-,25+,30+,31-/m0/s1. The largest absolute Gasteiger partial charge is 0.507 e.